The van der Waals surface area contributed by atoms with Crippen molar-refractivity contribution in [2.75, 3.05) is 19.6 Å². The van der Waals surface area contributed by atoms with Gasteiger partial charge in [0.15, 0.2) is 0 Å². The van der Waals surface area contributed by atoms with Crippen LogP contribution >= 0.6 is 34.8 Å². The van der Waals surface area contributed by atoms with Gasteiger partial charge in [-0.1, -0.05) is 156 Å². The highest BCUT2D eigenvalue weighted by Crippen LogP contribution is 2.49. The molecule has 0 unspecified atom stereocenters. The Balaban J connectivity index is 0.935. The summed E-state index contributed by atoms with van der Waals surface area (Å²) in [4.78, 5) is 9.47. The third-order valence-electron chi connectivity index (χ3n) is 16.6. The number of halogens is 3. The van der Waals surface area contributed by atoms with E-state index in [1.165, 1.54) is 21.9 Å². The lowest BCUT2D eigenvalue weighted by atomic mass is 9.29. The summed E-state index contributed by atoms with van der Waals surface area (Å²) in [6, 6.07) is 81.8. The van der Waals surface area contributed by atoms with Gasteiger partial charge >= 0.3 is 0 Å². The number of rotatable bonds is 4. The summed E-state index contributed by atoms with van der Waals surface area (Å²) in [6.07, 6.45) is 0. The molecule has 6 aliphatic rings. The number of fused-ring (bicyclic) bond motifs is 12. The zero-order valence-corrected chi connectivity index (χ0v) is 43.7. The van der Waals surface area contributed by atoms with E-state index in [0.29, 0.717) is 26.6 Å². The smallest absolute Gasteiger partial charge is 0.260 e. The van der Waals surface area contributed by atoms with E-state index in [1.807, 2.05) is 12.1 Å². The first-order valence-electron chi connectivity index (χ1n) is 26.2. The van der Waals surface area contributed by atoms with E-state index in [9.17, 15) is 0 Å². The van der Waals surface area contributed by atoms with E-state index in [0.717, 1.165) is 107 Å². The molecule has 0 aromatic heterocycles. The van der Waals surface area contributed by atoms with Gasteiger partial charge in [0.25, 0.3) is 20.1 Å². The van der Waals surface area contributed by atoms with Crippen LogP contribution in [0.15, 0.2) is 231 Å². The molecule has 0 fully saturated rings. The molecule has 6 heterocycles. The summed E-state index contributed by atoms with van der Waals surface area (Å²) < 4.78 is 14.4. The molecule has 0 atom stereocenters. The quantitative estimate of drug-likeness (QED) is 0.163. The van der Waals surface area contributed by atoms with Gasteiger partial charge in [0, 0.05) is 101 Å². The SMILES string of the molecule is Clc1cc2c3c(c1)Oc1cc4c(cc1B3c1cc3c(cc1O2)N(c1ccccc1)c1cc(Cl)cc2c1B3c1ccccc1N2c1ccccc1)B1c2ccccc2N(c2ccccc2)c2cc(Cl)cc(c21)N4c1ccccc1. The molecule has 11 aromatic carbocycles. The zero-order chi connectivity index (χ0) is 51.5. The lowest BCUT2D eigenvalue weighted by molar-refractivity contribution is 0.465. The minimum absolute atomic E-state index is 0.162. The van der Waals surface area contributed by atoms with Gasteiger partial charge in [-0.05, 0) is 141 Å². The number of benzene rings is 11. The van der Waals surface area contributed by atoms with Gasteiger partial charge in [0.1, 0.15) is 23.0 Å². The van der Waals surface area contributed by atoms with Crippen LogP contribution in [0.5, 0.6) is 23.0 Å². The van der Waals surface area contributed by atoms with E-state index < -0.39 is 0 Å². The molecule has 0 spiro atoms. The highest BCUT2D eigenvalue weighted by Gasteiger charge is 2.50. The molecule has 0 bridgehead atoms. The van der Waals surface area contributed by atoms with Crippen LogP contribution in [0.3, 0.4) is 0 Å². The maximum Gasteiger partial charge on any atom is 0.260 e. The fraction of sp³-hybridized carbons (Fsp3) is 0. The molecule has 6 nitrogen and oxygen atoms in total. The van der Waals surface area contributed by atoms with Crippen molar-refractivity contribution in [2.45, 2.75) is 0 Å². The Labute approximate surface area is 467 Å². The van der Waals surface area contributed by atoms with Crippen LogP contribution in [-0.2, 0) is 0 Å². The summed E-state index contributed by atoms with van der Waals surface area (Å²) >= 11 is 21.7. The first-order valence-corrected chi connectivity index (χ1v) is 27.4. The molecular formula is C66H38B3Cl3N4O2. The second kappa shape index (κ2) is 16.6. The molecule has 0 aliphatic carbocycles. The van der Waals surface area contributed by atoms with Crippen LogP contribution in [0.25, 0.3) is 0 Å². The van der Waals surface area contributed by atoms with Crippen molar-refractivity contribution in [3.8, 4) is 23.0 Å². The van der Waals surface area contributed by atoms with Crippen molar-refractivity contribution in [1.29, 1.82) is 0 Å². The van der Waals surface area contributed by atoms with Gasteiger partial charge in [0.05, 0.1) is 0 Å². The maximum absolute atomic E-state index is 7.30. The van der Waals surface area contributed by atoms with Crippen LogP contribution in [0.2, 0.25) is 15.1 Å². The van der Waals surface area contributed by atoms with Crippen molar-refractivity contribution >= 4 is 172 Å². The highest BCUT2D eigenvalue weighted by molar-refractivity contribution is 7.03. The average Bonchev–Trinajstić information content (AvgIpc) is 3.17. The van der Waals surface area contributed by atoms with E-state index in [4.69, 9.17) is 44.3 Å². The van der Waals surface area contributed by atoms with Crippen LogP contribution in [0.4, 0.5) is 68.2 Å². The largest absolute Gasteiger partial charge is 0.458 e. The fourth-order valence-electron chi connectivity index (χ4n) is 13.7. The number of nitrogens with zero attached hydrogens (tertiary/aromatic N) is 4. The van der Waals surface area contributed by atoms with E-state index >= 15 is 0 Å². The fourth-order valence-corrected chi connectivity index (χ4v) is 14.3. The van der Waals surface area contributed by atoms with Gasteiger partial charge in [-0.15, -0.1) is 0 Å². The number of ether oxygens (including phenoxy) is 2. The number of hydrogen-bond acceptors (Lipinski definition) is 6. The topological polar surface area (TPSA) is 31.4 Å². The van der Waals surface area contributed by atoms with Crippen LogP contribution in [0.1, 0.15) is 0 Å². The molecule has 6 aliphatic heterocycles. The molecule has 364 valence electrons. The van der Waals surface area contributed by atoms with E-state index in [-0.39, 0.29) is 20.1 Å². The Morgan fingerprint density at radius 3 is 0.923 bits per heavy atom. The standard InChI is InChI=1S/C66H38B3Cl3N4O2/c70-39-29-56-64-58(31-39)75(44-21-9-3-10-22-44)54-37-60-50(35-48(54)67(64)46-25-13-15-27-52(46)73(56)42-17-5-1-6-18-42)69-51-36-49-55(38-61(51)78-63-34-41(72)33-62(77-60)66(63)69)76(45-23-11-4-12-24-45)59-32-40(71)30-57-65(59)68(49)47-26-14-16-28-53(47)74(57)43-19-7-2-8-20-43/h1-38H. The predicted octanol–water partition coefficient (Wildman–Crippen LogP) is 12.5. The predicted molar refractivity (Wildman–Crippen MR) is 327 cm³/mol. The van der Waals surface area contributed by atoms with E-state index in [1.54, 1.807) is 0 Å². The van der Waals surface area contributed by atoms with Gasteiger partial charge in [0.2, 0.25) is 0 Å². The Kier molecular flexibility index (Phi) is 9.48. The summed E-state index contributed by atoms with van der Waals surface area (Å²) in [5, 5.41) is 1.83. The van der Waals surface area contributed by atoms with Gasteiger partial charge in [-0.25, -0.2) is 0 Å². The second-order valence-corrected chi connectivity index (χ2v) is 22.0. The highest BCUT2D eigenvalue weighted by atomic mass is 35.5. The zero-order valence-electron chi connectivity index (χ0n) is 41.4. The molecular weight excluding hydrogens is 1020 g/mol. The molecule has 11 aromatic rings. The number of hydrogen-bond donors (Lipinski definition) is 0. The second-order valence-electron chi connectivity index (χ2n) is 20.7. The monoisotopic (exact) mass is 1060 g/mol. The number of para-hydroxylation sites is 6. The average molecular weight is 1060 g/mol. The van der Waals surface area contributed by atoms with Crippen LogP contribution < -0.4 is 78.2 Å². The minimum atomic E-state index is -0.304. The van der Waals surface area contributed by atoms with Crippen molar-refractivity contribution in [2.24, 2.45) is 0 Å². The Hall–Kier alpha value is -8.72. The van der Waals surface area contributed by atoms with Gasteiger partial charge in [-0.3, -0.25) is 0 Å². The first kappa shape index (κ1) is 44.4. The summed E-state index contributed by atoms with van der Waals surface area (Å²) in [5.74, 6) is 2.84. The van der Waals surface area contributed by atoms with Crippen molar-refractivity contribution in [3.63, 3.8) is 0 Å². The van der Waals surface area contributed by atoms with Crippen molar-refractivity contribution in [1.82, 2.24) is 0 Å². The summed E-state index contributed by atoms with van der Waals surface area (Å²) in [6.45, 7) is -0.627. The lowest BCUT2D eigenvalue weighted by Crippen LogP contribution is -2.65. The summed E-state index contributed by atoms with van der Waals surface area (Å²) in [7, 11) is 0. The molecule has 12 heteroatoms. The van der Waals surface area contributed by atoms with Crippen LogP contribution in [0, 0.1) is 0 Å². The molecule has 0 radical (unpaired) electrons. The van der Waals surface area contributed by atoms with Crippen molar-refractivity contribution in [3.05, 3.63) is 246 Å². The number of anilines is 12. The molecule has 0 saturated carbocycles. The first-order chi connectivity index (χ1) is 38.4. The third-order valence-corrected chi connectivity index (χ3v) is 17.3. The molecule has 0 amide bonds. The molecule has 0 N–H and O–H groups in total. The Bertz CT molecular complexity index is 4110. The Morgan fingerprint density at radius 2 is 0.551 bits per heavy atom. The normalized spacial score (nSPS) is 14.1. The summed E-state index contributed by atoms with van der Waals surface area (Å²) in [5.41, 5.74) is 22.6. The van der Waals surface area contributed by atoms with Gasteiger partial charge in [-0.2, -0.15) is 0 Å². The third kappa shape index (κ3) is 6.26. The maximum atomic E-state index is 7.30. The molecule has 0 saturated heterocycles. The molecule has 17 rings (SSSR count). The van der Waals surface area contributed by atoms with Gasteiger partial charge < -0.3 is 29.1 Å². The molecule has 78 heavy (non-hydrogen) atoms. The lowest BCUT2D eigenvalue weighted by Gasteiger charge is -2.45. The van der Waals surface area contributed by atoms with E-state index in [2.05, 4.69) is 238 Å². The minimum Gasteiger partial charge on any atom is -0.458 e. The van der Waals surface area contributed by atoms with Crippen molar-refractivity contribution < 1.29 is 9.47 Å². The van der Waals surface area contributed by atoms with Crippen LogP contribution in [-0.4, -0.2) is 20.1 Å². The Morgan fingerprint density at radius 1 is 0.244 bits per heavy atom.